The molecule has 2 aromatic carbocycles. The first-order valence-electron chi connectivity index (χ1n) is 11.2. The maximum atomic E-state index is 13.8. The zero-order valence-corrected chi connectivity index (χ0v) is 20.7. The molecule has 0 heterocycles. The number of rotatable bonds is 12. The van der Waals surface area contributed by atoms with E-state index in [0.717, 1.165) is 38.1 Å². The summed E-state index contributed by atoms with van der Waals surface area (Å²) >= 11 is 0. The van der Waals surface area contributed by atoms with E-state index in [-0.39, 0.29) is 0 Å². The van der Waals surface area contributed by atoms with E-state index in [1.165, 1.54) is 24.3 Å². The summed E-state index contributed by atoms with van der Waals surface area (Å²) in [7, 11) is 0. The molecule has 2 rings (SSSR count). The van der Waals surface area contributed by atoms with Crippen LogP contribution in [0.5, 0.6) is 11.5 Å². The fraction of sp³-hybridized carbons (Fsp3) is 0.320. The number of esters is 2. The number of ether oxygens (including phenoxy) is 2. The van der Waals surface area contributed by atoms with Crippen molar-refractivity contribution in [3.8, 4) is 11.5 Å². The number of aliphatic hydroxyl groups is 6. The van der Waals surface area contributed by atoms with E-state index >= 15 is 0 Å². The zero-order valence-electron chi connectivity index (χ0n) is 20.7. The molecule has 0 saturated carbocycles. The molecule has 5 atom stereocenters. The van der Waals surface area contributed by atoms with Gasteiger partial charge in [0.25, 0.3) is 5.91 Å². The lowest BCUT2D eigenvalue weighted by Gasteiger charge is -2.43. The lowest BCUT2D eigenvalue weighted by molar-refractivity contribution is -0.196. The van der Waals surface area contributed by atoms with E-state index in [0.29, 0.717) is 0 Å². The number of carbonyl (C=O) groups is 5. The molecule has 39 heavy (non-hydrogen) atoms. The van der Waals surface area contributed by atoms with Crippen LogP contribution in [-0.4, -0.2) is 96.2 Å². The molecule has 0 unspecified atom stereocenters. The van der Waals surface area contributed by atoms with Gasteiger partial charge in [0.05, 0.1) is 17.7 Å². The van der Waals surface area contributed by atoms with Gasteiger partial charge in [-0.2, -0.15) is 0 Å². The Labute approximate surface area is 220 Å². The third-order valence-electron chi connectivity index (χ3n) is 5.69. The number of Topliss-reactive ketones (excluding diaryl/α,β-unsaturated/α-hetero) is 2. The smallest absolute Gasteiger partial charge is 0.308 e. The summed E-state index contributed by atoms with van der Waals surface area (Å²) in [5.74, 6) is -8.84. The Hall–Kier alpha value is -4.05. The Balaban J connectivity index is 2.93. The van der Waals surface area contributed by atoms with Gasteiger partial charge in [-0.15, -0.1) is 0 Å². The van der Waals surface area contributed by atoms with E-state index in [2.05, 4.69) is 0 Å². The van der Waals surface area contributed by atoms with Crippen LogP contribution < -0.4 is 15.2 Å². The Bertz CT molecular complexity index is 1280. The number of aliphatic hydroxyl groups excluding tert-OH is 4. The first-order valence-corrected chi connectivity index (χ1v) is 11.2. The third kappa shape index (κ3) is 5.85. The average molecular weight is 549 g/mol. The molecule has 0 spiro atoms. The zero-order chi connectivity index (χ0) is 29.7. The van der Waals surface area contributed by atoms with Crippen molar-refractivity contribution >= 4 is 29.4 Å². The molecule has 0 aliphatic rings. The van der Waals surface area contributed by atoms with Crippen LogP contribution in [0.4, 0.5) is 0 Å². The third-order valence-corrected chi connectivity index (χ3v) is 5.69. The van der Waals surface area contributed by atoms with Gasteiger partial charge < -0.3 is 45.8 Å². The van der Waals surface area contributed by atoms with E-state index in [1.807, 2.05) is 0 Å². The number of benzene rings is 2. The van der Waals surface area contributed by atoms with Crippen molar-refractivity contribution < 1.29 is 64.1 Å². The predicted octanol–water partition coefficient (Wildman–Crippen LogP) is -2.37. The minimum Gasteiger partial charge on any atom is -0.426 e. The highest BCUT2D eigenvalue weighted by Crippen LogP contribution is 2.38. The fourth-order valence-corrected chi connectivity index (χ4v) is 3.75. The molecule has 210 valence electrons. The van der Waals surface area contributed by atoms with Gasteiger partial charge in [0.1, 0.15) is 29.8 Å². The van der Waals surface area contributed by atoms with Crippen molar-refractivity contribution in [2.45, 2.75) is 43.4 Å². The standard InChI is InChI=1S/C25H27NO13/c1-12(28)38-17-9-5-3-7-14(17)20(32)24(36,22(34)19(31)16(30)11-27)25(37,23(26)35)21(33)15-8-4-6-10-18(15)39-13(2)29/h3-10,16,19,22,27,30-31,34,36-37H,11H2,1-2H3,(H2,26,35)/t16-,19-,22+,24-,25-/m1/s1. The molecule has 2 aromatic rings. The predicted molar refractivity (Wildman–Crippen MR) is 128 cm³/mol. The second kappa shape index (κ2) is 12.2. The first-order chi connectivity index (χ1) is 18.1. The molecule has 1 amide bonds. The highest BCUT2D eigenvalue weighted by atomic mass is 16.5. The monoisotopic (exact) mass is 549 g/mol. The van der Waals surface area contributed by atoms with E-state index < -0.39 is 88.2 Å². The van der Waals surface area contributed by atoms with Crippen LogP contribution >= 0.6 is 0 Å². The number of ketones is 2. The second-order valence-corrected chi connectivity index (χ2v) is 8.36. The second-order valence-electron chi connectivity index (χ2n) is 8.36. The molecule has 0 bridgehead atoms. The van der Waals surface area contributed by atoms with Gasteiger partial charge in [-0.3, -0.25) is 24.0 Å². The van der Waals surface area contributed by atoms with Crippen LogP contribution in [0, 0.1) is 0 Å². The number of nitrogens with two attached hydrogens (primary N) is 1. The fourth-order valence-electron chi connectivity index (χ4n) is 3.75. The van der Waals surface area contributed by atoms with E-state index in [9.17, 15) is 54.6 Å². The van der Waals surface area contributed by atoms with E-state index in [4.69, 9.17) is 15.2 Å². The van der Waals surface area contributed by atoms with Gasteiger partial charge >= 0.3 is 11.9 Å². The van der Waals surface area contributed by atoms with Gasteiger partial charge in [0.2, 0.25) is 22.8 Å². The summed E-state index contributed by atoms with van der Waals surface area (Å²) in [6.07, 6.45) is -8.05. The van der Waals surface area contributed by atoms with Gasteiger partial charge in [-0.05, 0) is 24.3 Å². The van der Waals surface area contributed by atoms with Crippen LogP contribution in [0.15, 0.2) is 48.5 Å². The number of carbonyl (C=O) groups excluding carboxylic acids is 5. The molecule has 0 aliphatic heterocycles. The molecule has 0 saturated heterocycles. The molecular formula is C25H27NO13. The van der Waals surface area contributed by atoms with Crippen molar-refractivity contribution in [2.24, 2.45) is 5.73 Å². The first kappa shape index (κ1) is 31.2. The minimum absolute atomic E-state index is 0.546. The lowest BCUT2D eigenvalue weighted by Crippen LogP contribution is -2.76. The maximum absolute atomic E-state index is 13.8. The van der Waals surface area contributed by atoms with Crippen molar-refractivity contribution in [1.82, 2.24) is 0 Å². The van der Waals surface area contributed by atoms with E-state index in [1.54, 1.807) is 0 Å². The summed E-state index contributed by atoms with van der Waals surface area (Å²) in [4.78, 5) is 63.3. The molecule has 8 N–H and O–H groups in total. The molecule has 14 heteroatoms. The van der Waals surface area contributed by atoms with Gasteiger partial charge in [0, 0.05) is 13.8 Å². The Morgan fingerprint density at radius 1 is 0.795 bits per heavy atom. The quantitative estimate of drug-likeness (QED) is 0.0633. The van der Waals surface area contributed by atoms with Crippen molar-refractivity contribution in [3.05, 3.63) is 59.7 Å². The highest BCUT2D eigenvalue weighted by Gasteiger charge is 2.69. The topological polar surface area (TPSA) is 251 Å². The largest absolute Gasteiger partial charge is 0.426 e. The average Bonchev–Trinajstić information content (AvgIpc) is 2.89. The number of primary amides is 1. The molecule has 0 aliphatic carbocycles. The minimum atomic E-state index is -4.14. The maximum Gasteiger partial charge on any atom is 0.308 e. The SMILES string of the molecule is CC(=O)Oc1ccccc1C(=O)[C@@](O)(C(N)=O)[C@@](O)(C(=O)c1ccccc1OC(C)=O)[C@@H](O)[C@H](O)[C@H](O)CO. The van der Waals surface area contributed by atoms with Crippen LogP contribution in [-0.2, 0) is 14.4 Å². The van der Waals surface area contributed by atoms with Crippen molar-refractivity contribution in [1.29, 1.82) is 0 Å². The normalized spacial score (nSPS) is 16.5. The van der Waals surface area contributed by atoms with Crippen molar-refractivity contribution in [3.63, 3.8) is 0 Å². The summed E-state index contributed by atoms with van der Waals surface area (Å²) in [6.45, 7) is 0.674. The molecular weight excluding hydrogens is 522 g/mol. The number of para-hydroxylation sites is 2. The Kier molecular flexibility index (Phi) is 9.76. The Morgan fingerprint density at radius 2 is 1.21 bits per heavy atom. The molecule has 14 nitrogen and oxygen atoms in total. The number of hydrogen-bond donors (Lipinski definition) is 7. The van der Waals surface area contributed by atoms with Crippen LogP contribution in [0.2, 0.25) is 0 Å². The van der Waals surface area contributed by atoms with Gasteiger partial charge in [-0.1, -0.05) is 24.3 Å². The Morgan fingerprint density at radius 3 is 1.59 bits per heavy atom. The van der Waals surface area contributed by atoms with Crippen LogP contribution in [0.3, 0.4) is 0 Å². The van der Waals surface area contributed by atoms with Gasteiger partial charge in [-0.25, -0.2) is 0 Å². The number of hydrogen-bond acceptors (Lipinski definition) is 13. The van der Waals surface area contributed by atoms with Crippen molar-refractivity contribution in [2.75, 3.05) is 6.61 Å². The van der Waals surface area contributed by atoms with Crippen LogP contribution in [0.25, 0.3) is 0 Å². The van der Waals surface area contributed by atoms with Crippen LogP contribution in [0.1, 0.15) is 34.6 Å². The summed E-state index contributed by atoms with van der Waals surface area (Å²) in [5, 5.41) is 63.7. The molecule has 0 radical (unpaired) electrons. The molecule has 0 fully saturated rings. The summed E-state index contributed by atoms with van der Waals surface area (Å²) in [5.41, 5.74) is -4.49. The molecule has 0 aromatic heterocycles. The number of amides is 1. The van der Waals surface area contributed by atoms with Gasteiger partial charge in [0.15, 0.2) is 0 Å². The summed E-state index contributed by atoms with van der Waals surface area (Å²) < 4.78 is 9.80. The highest BCUT2D eigenvalue weighted by molar-refractivity contribution is 6.24. The summed E-state index contributed by atoms with van der Waals surface area (Å²) in [6, 6.07) is 8.93. The lowest BCUT2D eigenvalue weighted by atomic mass is 9.67.